The van der Waals surface area contributed by atoms with E-state index < -0.39 is 11.0 Å². The van der Waals surface area contributed by atoms with E-state index in [1.807, 2.05) is 0 Å². The van der Waals surface area contributed by atoms with Gasteiger partial charge in [0.05, 0.1) is 11.0 Å². The van der Waals surface area contributed by atoms with Crippen LogP contribution in [0.2, 0.25) is 0 Å². The number of nitro groups is 1. The van der Waals surface area contributed by atoms with Crippen molar-refractivity contribution in [1.82, 2.24) is 0 Å². The molecule has 4 nitrogen and oxygen atoms in total. The van der Waals surface area contributed by atoms with Crippen LogP contribution in [0, 0.1) is 16.0 Å². The summed E-state index contributed by atoms with van der Waals surface area (Å²) in [5.41, 5.74) is 0.682. The van der Waals surface area contributed by atoms with Gasteiger partial charge in [-0.2, -0.15) is 0 Å². The number of hydrogen-bond donors (Lipinski definition) is 1. The molecule has 1 unspecified atom stereocenters. The molecule has 2 rings (SSSR count). The van der Waals surface area contributed by atoms with Crippen molar-refractivity contribution in [2.75, 3.05) is 0 Å². The van der Waals surface area contributed by atoms with E-state index in [4.69, 9.17) is 0 Å². The molecular formula is C11H12BrNO3. The van der Waals surface area contributed by atoms with Crippen molar-refractivity contribution < 1.29 is 10.0 Å². The molecule has 0 spiro atoms. The van der Waals surface area contributed by atoms with Crippen molar-refractivity contribution in [3.05, 3.63) is 38.3 Å². The number of nitrogens with zero attached hydrogens (tertiary/aromatic N) is 1. The largest absolute Gasteiger partial charge is 0.392 e. The molecule has 5 heteroatoms. The standard InChI is InChI=1S/C11H12BrNO3/c12-9-4-3-8(10(6-9)13(15)16)5-11(14)7-1-2-7/h3-4,6-7,11,14H,1-2,5H2. The first-order valence-electron chi connectivity index (χ1n) is 5.19. The zero-order valence-electron chi connectivity index (χ0n) is 8.60. The molecule has 16 heavy (non-hydrogen) atoms. The third kappa shape index (κ3) is 2.59. The number of halogens is 1. The topological polar surface area (TPSA) is 63.4 Å². The first kappa shape index (κ1) is 11.5. The predicted octanol–water partition coefficient (Wildman–Crippen LogP) is 2.67. The van der Waals surface area contributed by atoms with Crippen molar-refractivity contribution in [3.63, 3.8) is 0 Å². The van der Waals surface area contributed by atoms with Crippen LogP contribution in [0.25, 0.3) is 0 Å². The molecule has 0 heterocycles. The maximum absolute atomic E-state index is 10.8. The summed E-state index contributed by atoms with van der Waals surface area (Å²) in [6, 6.07) is 4.95. The summed E-state index contributed by atoms with van der Waals surface area (Å²) < 4.78 is 0.684. The highest BCUT2D eigenvalue weighted by Crippen LogP contribution is 2.35. The van der Waals surface area contributed by atoms with Gasteiger partial charge in [0, 0.05) is 22.5 Å². The number of benzene rings is 1. The van der Waals surface area contributed by atoms with E-state index in [2.05, 4.69) is 15.9 Å². The van der Waals surface area contributed by atoms with Crippen LogP contribution < -0.4 is 0 Å². The van der Waals surface area contributed by atoms with Gasteiger partial charge in [0.1, 0.15) is 0 Å². The molecule has 1 aliphatic rings. The average Bonchev–Trinajstić information content (AvgIpc) is 3.03. The summed E-state index contributed by atoms with van der Waals surface area (Å²) in [5, 5.41) is 20.6. The lowest BCUT2D eigenvalue weighted by Crippen LogP contribution is -2.13. The Morgan fingerprint density at radius 3 is 2.81 bits per heavy atom. The summed E-state index contributed by atoms with van der Waals surface area (Å²) in [5.74, 6) is 0.336. The van der Waals surface area contributed by atoms with Gasteiger partial charge in [0.2, 0.25) is 0 Å². The quantitative estimate of drug-likeness (QED) is 0.683. The third-order valence-electron chi connectivity index (χ3n) is 2.84. The van der Waals surface area contributed by atoms with Gasteiger partial charge in [-0.25, -0.2) is 0 Å². The SMILES string of the molecule is O=[N+]([O-])c1cc(Br)ccc1CC(O)C1CC1. The van der Waals surface area contributed by atoms with Gasteiger partial charge in [-0.1, -0.05) is 22.0 Å². The molecule has 1 fully saturated rings. The number of rotatable bonds is 4. The van der Waals surface area contributed by atoms with Crippen molar-refractivity contribution in [2.45, 2.75) is 25.4 Å². The van der Waals surface area contributed by atoms with Gasteiger partial charge in [0.25, 0.3) is 5.69 Å². The molecule has 0 saturated heterocycles. The number of hydrogen-bond acceptors (Lipinski definition) is 3. The van der Waals surface area contributed by atoms with E-state index in [0.29, 0.717) is 22.4 Å². The van der Waals surface area contributed by atoms with Crippen LogP contribution in [0.15, 0.2) is 22.7 Å². The van der Waals surface area contributed by atoms with Crippen molar-refractivity contribution in [3.8, 4) is 0 Å². The van der Waals surface area contributed by atoms with E-state index in [1.165, 1.54) is 6.07 Å². The molecule has 1 aliphatic carbocycles. The van der Waals surface area contributed by atoms with Crippen LogP contribution in [0.5, 0.6) is 0 Å². The minimum Gasteiger partial charge on any atom is -0.392 e. The molecule has 0 bridgehead atoms. The molecule has 0 amide bonds. The second kappa shape index (κ2) is 4.51. The van der Waals surface area contributed by atoms with Gasteiger partial charge in [-0.15, -0.1) is 0 Å². The molecule has 1 aromatic rings. The third-order valence-corrected chi connectivity index (χ3v) is 3.33. The van der Waals surface area contributed by atoms with Gasteiger partial charge in [-0.05, 0) is 24.8 Å². The maximum Gasteiger partial charge on any atom is 0.273 e. The Morgan fingerprint density at radius 1 is 1.56 bits per heavy atom. The summed E-state index contributed by atoms with van der Waals surface area (Å²) in [7, 11) is 0. The minimum absolute atomic E-state index is 0.0778. The van der Waals surface area contributed by atoms with Crippen LogP contribution >= 0.6 is 15.9 Å². The minimum atomic E-state index is -0.445. The summed E-state index contributed by atoms with van der Waals surface area (Å²) in [6.07, 6.45) is 1.99. The Morgan fingerprint density at radius 2 is 2.25 bits per heavy atom. The second-order valence-corrected chi connectivity index (χ2v) is 5.05. The normalized spacial score (nSPS) is 17.1. The Kier molecular flexibility index (Phi) is 3.25. The van der Waals surface area contributed by atoms with Gasteiger partial charge in [-0.3, -0.25) is 10.1 Å². The Bertz CT molecular complexity index is 418. The van der Waals surface area contributed by atoms with E-state index in [9.17, 15) is 15.2 Å². The van der Waals surface area contributed by atoms with Crippen LogP contribution in [-0.4, -0.2) is 16.1 Å². The first-order valence-corrected chi connectivity index (χ1v) is 5.98. The molecule has 1 aromatic carbocycles. The lowest BCUT2D eigenvalue weighted by Gasteiger charge is -2.09. The Labute approximate surface area is 102 Å². The molecule has 0 radical (unpaired) electrons. The molecule has 86 valence electrons. The highest BCUT2D eigenvalue weighted by molar-refractivity contribution is 9.10. The summed E-state index contributed by atoms with van der Waals surface area (Å²) >= 11 is 3.21. The van der Waals surface area contributed by atoms with Crippen LogP contribution in [-0.2, 0) is 6.42 Å². The lowest BCUT2D eigenvalue weighted by atomic mass is 10.0. The molecule has 1 atom stereocenters. The predicted molar refractivity (Wildman–Crippen MR) is 63.2 cm³/mol. The average molecular weight is 286 g/mol. The van der Waals surface area contributed by atoms with Crippen molar-refractivity contribution in [1.29, 1.82) is 0 Å². The molecule has 0 aromatic heterocycles. The fourth-order valence-corrected chi connectivity index (χ4v) is 2.10. The molecular weight excluding hydrogens is 274 g/mol. The molecule has 1 N–H and O–H groups in total. The Hall–Kier alpha value is -0.940. The number of aliphatic hydroxyl groups excluding tert-OH is 1. The first-order chi connectivity index (χ1) is 7.58. The highest BCUT2D eigenvalue weighted by atomic mass is 79.9. The van der Waals surface area contributed by atoms with Crippen LogP contribution in [0.4, 0.5) is 5.69 Å². The van der Waals surface area contributed by atoms with E-state index >= 15 is 0 Å². The fourth-order valence-electron chi connectivity index (χ4n) is 1.75. The monoisotopic (exact) mass is 285 g/mol. The van der Waals surface area contributed by atoms with Gasteiger partial charge >= 0.3 is 0 Å². The molecule has 1 saturated carbocycles. The number of aliphatic hydroxyl groups is 1. The lowest BCUT2D eigenvalue weighted by molar-refractivity contribution is -0.385. The summed E-state index contributed by atoms with van der Waals surface area (Å²) in [4.78, 5) is 10.4. The van der Waals surface area contributed by atoms with Crippen LogP contribution in [0.1, 0.15) is 18.4 Å². The van der Waals surface area contributed by atoms with E-state index in [1.54, 1.807) is 12.1 Å². The fraction of sp³-hybridized carbons (Fsp3) is 0.455. The Balaban J connectivity index is 2.21. The molecule has 0 aliphatic heterocycles. The van der Waals surface area contributed by atoms with Crippen molar-refractivity contribution in [2.24, 2.45) is 5.92 Å². The highest BCUT2D eigenvalue weighted by Gasteiger charge is 2.31. The zero-order chi connectivity index (χ0) is 11.7. The second-order valence-electron chi connectivity index (χ2n) is 4.14. The smallest absolute Gasteiger partial charge is 0.273 e. The van der Waals surface area contributed by atoms with E-state index in [-0.39, 0.29) is 5.69 Å². The van der Waals surface area contributed by atoms with Crippen LogP contribution in [0.3, 0.4) is 0 Å². The van der Waals surface area contributed by atoms with Gasteiger partial charge < -0.3 is 5.11 Å². The van der Waals surface area contributed by atoms with Gasteiger partial charge in [0.15, 0.2) is 0 Å². The number of nitro benzene ring substituents is 1. The zero-order valence-corrected chi connectivity index (χ0v) is 10.2. The van der Waals surface area contributed by atoms with E-state index in [0.717, 1.165) is 12.8 Å². The van der Waals surface area contributed by atoms with Crippen molar-refractivity contribution >= 4 is 21.6 Å². The summed E-state index contributed by atoms with van der Waals surface area (Å²) in [6.45, 7) is 0. The maximum atomic E-state index is 10.8.